The molecule has 0 aliphatic carbocycles. The number of sulfonamides is 1. The number of nitrogens with one attached hydrogen (secondary N) is 2. The molecule has 0 radical (unpaired) electrons. The highest BCUT2D eigenvalue weighted by Crippen LogP contribution is 2.24. The van der Waals surface area contributed by atoms with Crippen LogP contribution in [0.3, 0.4) is 0 Å². The van der Waals surface area contributed by atoms with Gasteiger partial charge in [0.05, 0.1) is 10.7 Å². The summed E-state index contributed by atoms with van der Waals surface area (Å²) in [7, 11) is -3.97. The molecule has 0 heterocycles. The molecule has 150 valence electrons. The molecule has 1 amide bonds. The third kappa shape index (κ3) is 5.20. The minimum absolute atomic E-state index is 0.00200. The van der Waals surface area contributed by atoms with Crippen LogP contribution in [0, 0.1) is 12.7 Å². The molecule has 3 rings (SSSR count). The minimum atomic E-state index is -3.97. The van der Waals surface area contributed by atoms with E-state index < -0.39 is 21.7 Å². The van der Waals surface area contributed by atoms with Gasteiger partial charge in [-0.3, -0.25) is 4.79 Å². The van der Waals surface area contributed by atoms with E-state index in [9.17, 15) is 17.6 Å². The zero-order valence-electron chi connectivity index (χ0n) is 15.4. The largest absolute Gasteiger partial charge is 0.319 e. The third-order valence-corrected chi connectivity index (χ3v) is 6.05. The van der Waals surface area contributed by atoms with E-state index in [1.165, 1.54) is 24.3 Å². The highest BCUT2D eigenvalue weighted by Gasteiger charge is 2.20. The van der Waals surface area contributed by atoms with Crippen LogP contribution in [0.15, 0.2) is 71.6 Å². The Morgan fingerprint density at radius 2 is 1.76 bits per heavy atom. The molecule has 0 saturated heterocycles. The molecular weight excluding hydrogens is 415 g/mol. The quantitative estimate of drug-likeness (QED) is 0.601. The highest BCUT2D eigenvalue weighted by atomic mass is 35.5. The first-order valence-corrected chi connectivity index (χ1v) is 10.5. The molecule has 0 atom stereocenters. The Morgan fingerprint density at radius 3 is 2.45 bits per heavy atom. The van der Waals surface area contributed by atoms with Gasteiger partial charge in [0, 0.05) is 12.1 Å². The second kappa shape index (κ2) is 8.73. The molecule has 0 aromatic heterocycles. The van der Waals surface area contributed by atoms with Gasteiger partial charge in [0.25, 0.3) is 5.91 Å². The number of hydrogen-bond donors (Lipinski definition) is 2. The summed E-state index contributed by atoms with van der Waals surface area (Å²) in [5, 5.41) is 2.41. The number of benzene rings is 3. The second-order valence-corrected chi connectivity index (χ2v) is 8.54. The number of rotatable bonds is 6. The lowest BCUT2D eigenvalue weighted by atomic mass is 10.2. The van der Waals surface area contributed by atoms with Gasteiger partial charge in [-0.1, -0.05) is 48.0 Å². The molecule has 0 aliphatic heterocycles. The van der Waals surface area contributed by atoms with Crippen molar-refractivity contribution in [2.75, 3.05) is 5.32 Å². The average Bonchev–Trinajstić information content (AvgIpc) is 2.69. The zero-order chi connectivity index (χ0) is 21.0. The molecule has 0 aliphatic rings. The summed E-state index contributed by atoms with van der Waals surface area (Å²) in [6, 6.07) is 17.2. The standard InChI is InChI=1S/C21H18ClFN2O3S/c1-14-7-10-19(18(23)11-14)25-21(26)16-8-9-17(22)20(12-16)29(27,28)24-13-15-5-3-2-4-6-15/h2-12,24H,13H2,1H3,(H,25,26). The molecule has 0 spiro atoms. The van der Waals surface area contributed by atoms with Crippen molar-refractivity contribution in [3.8, 4) is 0 Å². The van der Waals surface area contributed by atoms with Crippen molar-refractivity contribution >= 4 is 33.2 Å². The van der Waals surface area contributed by atoms with Gasteiger partial charge in [0.1, 0.15) is 10.7 Å². The summed E-state index contributed by atoms with van der Waals surface area (Å²) in [5.41, 5.74) is 1.53. The first kappa shape index (κ1) is 21.0. The zero-order valence-corrected chi connectivity index (χ0v) is 17.0. The van der Waals surface area contributed by atoms with Gasteiger partial charge >= 0.3 is 0 Å². The van der Waals surface area contributed by atoms with Crippen LogP contribution in [0.5, 0.6) is 0 Å². The lowest BCUT2D eigenvalue weighted by Gasteiger charge is -2.11. The Balaban J connectivity index is 1.82. The van der Waals surface area contributed by atoms with E-state index in [4.69, 9.17) is 11.6 Å². The van der Waals surface area contributed by atoms with Crippen LogP contribution < -0.4 is 10.0 Å². The van der Waals surface area contributed by atoms with Gasteiger partial charge < -0.3 is 5.32 Å². The van der Waals surface area contributed by atoms with Crippen molar-refractivity contribution in [2.45, 2.75) is 18.4 Å². The minimum Gasteiger partial charge on any atom is -0.319 e. The number of aryl methyl sites for hydroxylation is 1. The summed E-state index contributed by atoms with van der Waals surface area (Å²) < 4.78 is 41.8. The number of anilines is 1. The van der Waals surface area contributed by atoms with Crippen molar-refractivity contribution in [1.82, 2.24) is 4.72 Å². The van der Waals surface area contributed by atoms with Crippen LogP contribution in [0.2, 0.25) is 5.02 Å². The van der Waals surface area contributed by atoms with Crippen LogP contribution in [0.25, 0.3) is 0 Å². The fourth-order valence-corrected chi connectivity index (χ4v) is 4.16. The summed E-state index contributed by atoms with van der Waals surface area (Å²) in [6.07, 6.45) is 0. The topological polar surface area (TPSA) is 75.3 Å². The lowest BCUT2D eigenvalue weighted by Crippen LogP contribution is -2.24. The number of halogens is 2. The first-order valence-electron chi connectivity index (χ1n) is 8.67. The van der Waals surface area contributed by atoms with Crippen molar-refractivity contribution in [3.63, 3.8) is 0 Å². The first-order chi connectivity index (χ1) is 13.8. The molecule has 0 saturated carbocycles. The molecule has 0 unspecified atom stereocenters. The normalized spacial score (nSPS) is 11.3. The number of amides is 1. The van der Waals surface area contributed by atoms with E-state index in [1.807, 2.05) is 6.07 Å². The predicted octanol–water partition coefficient (Wildman–Crippen LogP) is 4.52. The Kier molecular flexibility index (Phi) is 6.32. The van der Waals surface area contributed by atoms with Gasteiger partial charge in [0.15, 0.2) is 0 Å². The SMILES string of the molecule is Cc1ccc(NC(=O)c2ccc(Cl)c(S(=O)(=O)NCc3ccccc3)c2)c(F)c1. The fraction of sp³-hybridized carbons (Fsp3) is 0.0952. The molecule has 29 heavy (non-hydrogen) atoms. The molecule has 3 aromatic carbocycles. The van der Waals surface area contributed by atoms with Crippen molar-refractivity contribution in [3.05, 3.63) is 94.3 Å². The van der Waals surface area contributed by atoms with Crippen molar-refractivity contribution < 1.29 is 17.6 Å². The molecule has 8 heteroatoms. The Hall–Kier alpha value is -2.74. The molecule has 2 N–H and O–H groups in total. The van der Waals surface area contributed by atoms with Crippen LogP contribution >= 0.6 is 11.6 Å². The van der Waals surface area contributed by atoms with E-state index >= 15 is 0 Å². The number of carbonyl (C=O) groups excluding carboxylic acids is 1. The van der Waals surface area contributed by atoms with E-state index in [0.717, 1.165) is 11.6 Å². The van der Waals surface area contributed by atoms with E-state index in [-0.39, 0.29) is 27.7 Å². The van der Waals surface area contributed by atoms with E-state index in [1.54, 1.807) is 37.3 Å². The predicted molar refractivity (Wildman–Crippen MR) is 111 cm³/mol. The van der Waals surface area contributed by atoms with E-state index in [0.29, 0.717) is 5.56 Å². The van der Waals surface area contributed by atoms with Gasteiger partial charge in [-0.05, 0) is 48.4 Å². The van der Waals surface area contributed by atoms with Crippen LogP contribution in [-0.2, 0) is 16.6 Å². The molecule has 0 fully saturated rings. The number of hydrogen-bond acceptors (Lipinski definition) is 3. The highest BCUT2D eigenvalue weighted by molar-refractivity contribution is 7.89. The van der Waals surface area contributed by atoms with Crippen molar-refractivity contribution in [1.29, 1.82) is 0 Å². The molecule has 5 nitrogen and oxygen atoms in total. The maximum absolute atomic E-state index is 14.0. The second-order valence-electron chi connectivity index (χ2n) is 6.39. The van der Waals surface area contributed by atoms with Crippen LogP contribution in [0.1, 0.15) is 21.5 Å². The average molecular weight is 433 g/mol. The number of carbonyl (C=O) groups is 1. The van der Waals surface area contributed by atoms with Crippen molar-refractivity contribution in [2.24, 2.45) is 0 Å². The molecule has 0 bridgehead atoms. The van der Waals surface area contributed by atoms with Gasteiger partial charge in [0.2, 0.25) is 10.0 Å². The van der Waals surface area contributed by atoms with Gasteiger partial charge in [-0.15, -0.1) is 0 Å². The Morgan fingerprint density at radius 1 is 1.03 bits per heavy atom. The Bertz CT molecular complexity index is 1150. The van der Waals surface area contributed by atoms with Crippen LogP contribution in [-0.4, -0.2) is 14.3 Å². The van der Waals surface area contributed by atoms with Crippen LogP contribution in [0.4, 0.5) is 10.1 Å². The summed E-state index contributed by atoms with van der Waals surface area (Å²) in [6.45, 7) is 1.80. The maximum atomic E-state index is 14.0. The third-order valence-electron chi connectivity index (χ3n) is 4.16. The maximum Gasteiger partial charge on any atom is 0.255 e. The lowest BCUT2D eigenvalue weighted by molar-refractivity contribution is 0.102. The monoisotopic (exact) mass is 432 g/mol. The molecular formula is C21H18ClFN2O3S. The fourth-order valence-electron chi connectivity index (χ4n) is 2.62. The van der Waals surface area contributed by atoms with E-state index in [2.05, 4.69) is 10.0 Å². The summed E-state index contributed by atoms with van der Waals surface area (Å²) in [5.74, 6) is -1.23. The van der Waals surface area contributed by atoms with Gasteiger partial charge in [-0.25, -0.2) is 17.5 Å². The summed E-state index contributed by atoms with van der Waals surface area (Å²) >= 11 is 6.06. The Labute approximate surface area is 173 Å². The smallest absolute Gasteiger partial charge is 0.255 e. The van der Waals surface area contributed by atoms with Gasteiger partial charge in [-0.2, -0.15) is 0 Å². The summed E-state index contributed by atoms with van der Waals surface area (Å²) in [4.78, 5) is 12.3. The molecule has 3 aromatic rings.